The fourth-order valence-corrected chi connectivity index (χ4v) is 14.6. The Morgan fingerprint density at radius 2 is 0.898 bits per heavy atom. The number of carbonyl (C=O) groups is 8. The molecule has 686 valence electrons. The molecule has 2 aromatic heterocycles. The van der Waals surface area contributed by atoms with Crippen molar-refractivity contribution < 1.29 is 97.1 Å². The molecule has 0 spiro atoms. The number of carboxylic acids is 5. The maximum absolute atomic E-state index is 12.4. The predicted molar refractivity (Wildman–Crippen MR) is 515 cm³/mol. The van der Waals surface area contributed by atoms with Gasteiger partial charge in [-0.2, -0.15) is 24.4 Å². The van der Waals surface area contributed by atoms with Gasteiger partial charge in [0, 0.05) is 110 Å². The number of piperidine rings is 2. The fourth-order valence-electron chi connectivity index (χ4n) is 11.1. The van der Waals surface area contributed by atoms with Gasteiger partial charge in [-0.15, -0.1) is 24.0 Å². The van der Waals surface area contributed by atoms with E-state index in [1.165, 1.54) is 75.7 Å². The van der Waals surface area contributed by atoms with Crippen molar-refractivity contribution in [3.8, 4) is 0 Å². The Morgan fingerprint density at radius 1 is 0.523 bits per heavy atom. The van der Waals surface area contributed by atoms with Crippen LogP contribution >= 0.6 is 124 Å². The first-order valence-corrected chi connectivity index (χ1v) is 45.3. The summed E-state index contributed by atoms with van der Waals surface area (Å²) in [7, 11) is -0.722. The zero-order valence-electron chi connectivity index (χ0n) is 71.0. The molecule has 29 nitrogen and oxygen atoms in total. The molecule has 12 rings (SSSR count). The molecule has 3 saturated heterocycles. The van der Waals surface area contributed by atoms with Crippen LogP contribution in [0.1, 0.15) is 192 Å². The summed E-state index contributed by atoms with van der Waals surface area (Å²) in [6, 6.07) is 46.7. The number of ketones is 1. The number of thioether (sulfide) groups is 2. The van der Waals surface area contributed by atoms with Gasteiger partial charge in [0.1, 0.15) is 20.6 Å². The molecule has 40 heteroatoms. The Labute approximate surface area is 799 Å². The molecule has 3 aliphatic rings. The lowest BCUT2D eigenvalue weighted by Gasteiger charge is -2.32. The zero-order valence-corrected chi connectivity index (χ0v) is 81.5. The number of nitro benzene ring substituents is 3. The van der Waals surface area contributed by atoms with Gasteiger partial charge in [-0.05, 0) is 289 Å². The van der Waals surface area contributed by atoms with Gasteiger partial charge < -0.3 is 49.4 Å². The topological polar surface area (TPSA) is 427 Å². The van der Waals surface area contributed by atoms with Gasteiger partial charge in [0.15, 0.2) is 10.9 Å². The number of hydrogen-bond acceptors (Lipinski definition) is 24. The van der Waals surface area contributed by atoms with Crippen LogP contribution in [0.15, 0.2) is 206 Å². The average molecular weight is 2120 g/mol. The molecule has 0 aliphatic carbocycles. The second-order valence-corrected chi connectivity index (χ2v) is 35.7. The number of pyridine rings is 2. The highest BCUT2D eigenvalue weighted by molar-refractivity contribution is 9.11. The molecule has 0 bridgehead atoms. The highest BCUT2D eigenvalue weighted by Crippen LogP contribution is 2.38. The highest BCUT2D eigenvalue weighted by atomic mass is 79.9. The number of esters is 1. The van der Waals surface area contributed by atoms with Crippen molar-refractivity contribution in [2.24, 2.45) is 0 Å². The van der Waals surface area contributed by atoms with Gasteiger partial charge in [0.05, 0.1) is 74.6 Å². The van der Waals surface area contributed by atoms with E-state index in [0.29, 0.717) is 65.6 Å². The van der Waals surface area contributed by atoms with Crippen LogP contribution in [0, 0.1) is 36.2 Å². The van der Waals surface area contributed by atoms with Gasteiger partial charge in [-0.3, -0.25) is 44.7 Å². The second kappa shape index (κ2) is 56.7. The highest BCUT2D eigenvalue weighted by Gasteiger charge is 2.53. The lowest BCUT2D eigenvalue weighted by Crippen LogP contribution is -2.41. The Kier molecular flexibility index (Phi) is 49.8. The smallest absolute Gasteiger partial charge is 0.478 e. The Balaban J connectivity index is 0.000000377. The average Bonchev–Trinajstić information content (AvgIpc) is 1.61. The number of benzene rings is 7. The summed E-state index contributed by atoms with van der Waals surface area (Å²) in [5.74, 6) is -2.48. The van der Waals surface area contributed by atoms with Crippen LogP contribution in [0.3, 0.4) is 0 Å². The normalized spacial score (nSPS) is 13.0. The molecule has 5 N–H and O–H groups in total. The minimum atomic E-state index is -0.945. The molecule has 7 aromatic carbocycles. The van der Waals surface area contributed by atoms with Gasteiger partial charge >= 0.3 is 42.9 Å². The van der Waals surface area contributed by atoms with Crippen molar-refractivity contribution in [1.29, 1.82) is 0 Å². The lowest BCUT2D eigenvalue weighted by molar-refractivity contribution is -0.385. The number of halogens is 7. The van der Waals surface area contributed by atoms with E-state index in [4.69, 9.17) is 51.2 Å². The molecule has 128 heavy (non-hydrogen) atoms. The molecule has 9 aromatic rings. The number of nitrogens with zero attached hydrogens (tertiary/aromatic N) is 7. The molecule has 0 saturated carbocycles. The largest absolute Gasteiger partial charge is 0.502 e. The molecule has 0 radical (unpaired) electrons. The van der Waals surface area contributed by atoms with Gasteiger partial charge in [0.25, 0.3) is 17.1 Å². The molecular formula is C88H97BBr4Cl2FN7O22S3. The molecule has 0 atom stereocenters. The van der Waals surface area contributed by atoms with Crippen LogP contribution in [-0.2, 0) is 46.8 Å². The van der Waals surface area contributed by atoms with E-state index >= 15 is 0 Å². The summed E-state index contributed by atoms with van der Waals surface area (Å²) < 4.78 is 31.6. The maximum atomic E-state index is 12.4. The van der Waals surface area contributed by atoms with E-state index in [1.807, 2.05) is 90.9 Å². The van der Waals surface area contributed by atoms with Crippen LogP contribution in [0.4, 0.5) is 32.8 Å². The number of carbonyl (C=O) groups excluding carboxylic acids is 3. The van der Waals surface area contributed by atoms with E-state index in [2.05, 4.69) is 96.1 Å². The number of anilines is 2. The van der Waals surface area contributed by atoms with Crippen LogP contribution in [-0.4, -0.2) is 153 Å². The Hall–Kier alpha value is -9.74. The maximum Gasteiger partial charge on any atom is 0.502 e. The van der Waals surface area contributed by atoms with Crippen molar-refractivity contribution in [1.82, 2.24) is 9.97 Å². The van der Waals surface area contributed by atoms with Crippen molar-refractivity contribution in [2.45, 2.75) is 147 Å². The third-order valence-corrected chi connectivity index (χ3v) is 22.8. The summed E-state index contributed by atoms with van der Waals surface area (Å²) >= 11 is 24.6. The number of ether oxygens (including phenoxy) is 1. The number of thiol groups is 1. The zero-order chi connectivity index (χ0) is 94.9. The number of hydrogen-bond donors (Lipinski definition) is 6. The van der Waals surface area contributed by atoms with E-state index in [9.17, 15) is 73.1 Å². The van der Waals surface area contributed by atoms with E-state index < -0.39 is 64.5 Å². The summed E-state index contributed by atoms with van der Waals surface area (Å²) in [5.41, 5.74) is 6.73. The Morgan fingerprint density at radius 3 is 1.27 bits per heavy atom. The summed E-state index contributed by atoms with van der Waals surface area (Å²) in [4.78, 5) is 129. The molecule has 5 heterocycles. The minimum absolute atomic E-state index is 0. The van der Waals surface area contributed by atoms with Crippen LogP contribution in [0.5, 0.6) is 0 Å². The number of aromatic carboxylic acids is 5. The van der Waals surface area contributed by atoms with Crippen LogP contribution in [0.2, 0.25) is 0 Å². The molecule has 0 unspecified atom stereocenters. The summed E-state index contributed by atoms with van der Waals surface area (Å²) in [6.45, 7) is 20.4. The molecule has 0 amide bonds. The Bertz CT molecular complexity index is 5140. The first kappa shape index (κ1) is 112. The number of Topliss-reactive ketones (excluding diaryl/α,β-unsaturated/α-hetero) is 1. The number of rotatable bonds is 21. The standard InChI is InChI=1S/C17H25BN2O4.C15H20O4S.C11H13BrN2O2.C10H10O3S.C8H7ClO2.C8H8O2S.C7H6BrNO.C6H3BrFNO2.C6H4BrNO2.ClH/c1-16(2)17(3,4)24-18(23-16)14-12-13(8-9-15(14)20(21)22)19-10-6-5-7-11-19;1-15(2,3)19-13(16)7-8-20-10-11-5-4-6-12(9-11)14(17)18;12-10-8-9(4-5-11(10)14(15)16)13-6-2-1-3-7-13;1-7(11)14-6-8-3-2-4-9(5-8)10(12)13;9-5-6-2-1-3-7(4-6)8(10)11;9-8(10)7-3-1-2-6(4-7)5-11;1-5(10)6-2-3-9-7(8)4-6;7-5-3-4(8)1-2-6(5)9(10)11;7-5-3-4(6(9)10)1-2-8-5;/h8-9,12H,5-7,10-11H2,1-4H3;4-6,9H,7-8,10H2,1-3H3,(H,17,18);4-5,8H,1-3,6-7H2;2-5H,6H2,1H3,(H,12,13);1-4H,5H2,(H,10,11);1-4,11H,5H2,(H,9,10);2-4H,1H3;1-3H;1-3H,(H,9,10);1H. The predicted octanol–water partition coefficient (Wildman–Crippen LogP) is 22.2. The van der Waals surface area contributed by atoms with E-state index in [1.54, 1.807) is 115 Å². The number of alkyl halides is 1. The second-order valence-electron chi connectivity index (χ2n) is 29.5. The monoisotopic (exact) mass is 2120 g/mol. The summed E-state index contributed by atoms with van der Waals surface area (Å²) in [6.07, 6.45) is 10.6. The fraction of sp³-hybridized carbons (Fsp3) is 0.318. The van der Waals surface area contributed by atoms with E-state index in [0.717, 1.165) is 90.8 Å². The number of nitro groups is 3. The third kappa shape index (κ3) is 41.4. The van der Waals surface area contributed by atoms with Crippen molar-refractivity contribution >= 4 is 212 Å². The van der Waals surface area contributed by atoms with Crippen molar-refractivity contribution in [3.05, 3.63) is 298 Å². The molecule has 3 aliphatic heterocycles. The molecular weight excluding hydrogens is 2020 g/mol. The molecule has 3 fully saturated rings. The van der Waals surface area contributed by atoms with E-state index in [-0.39, 0.29) is 82.9 Å². The number of carboxylic acid groups (broad SMARTS) is 5. The van der Waals surface area contributed by atoms with Crippen molar-refractivity contribution in [3.63, 3.8) is 0 Å². The van der Waals surface area contributed by atoms with Gasteiger partial charge in [-0.1, -0.05) is 60.3 Å². The van der Waals surface area contributed by atoms with Crippen molar-refractivity contribution in [2.75, 3.05) is 41.7 Å². The number of aromatic nitrogens is 2. The summed E-state index contributed by atoms with van der Waals surface area (Å²) in [5, 5.41) is 75.6. The van der Waals surface area contributed by atoms with Crippen LogP contribution in [0.25, 0.3) is 0 Å². The van der Waals surface area contributed by atoms with Gasteiger partial charge in [0.2, 0.25) is 0 Å². The SMILES string of the molecule is CC(=O)SCc1cccc(C(=O)O)c1.CC(=O)c1ccnc(Br)c1.CC(C)(C)OC(=O)CCSCc1cccc(C(=O)O)c1.CC1(C)OB(c2cc(N3CCCCC3)ccc2[N+](=O)[O-])OC1(C)C.Cl.O=C(O)c1cccc(CCl)c1.O=C(O)c1cccc(CS)c1.O=C(O)c1ccnc(Br)c1.O=[N+]([O-])c1ccc(F)cc1Br.O=[N+]([O-])c1ccc(N2CCCCC2)cc1Br. The minimum Gasteiger partial charge on any atom is -0.478 e. The first-order chi connectivity index (χ1) is 59.7. The lowest BCUT2D eigenvalue weighted by atomic mass is 9.77. The van der Waals surface area contributed by atoms with Gasteiger partial charge in [-0.25, -0.2) is 38.3 Å². The first-order valence-electron chi connectivity index (χ1n) is 38.8. The van der Waals surface area contributed by atoms with Crippen LogP contribution < -0.4 is 15.3 Å². The quantitative estimate of drug-likeness (QED) is 0.00448. The third-order valence-electron chi connectivity index (χ3n) is 18.1.